The Bertz CT molecular complexity index is 1450. The number of imidazole rings is 1. The maximum Gasteiger partial charge on any atom is 0.233 e. The van der Waals surface area contributed by atoms with E-state index >= 15 is 8.78 Å². The zero-order valence-electron chi connectivity index (χ0n) is 23.6. The van der Waals surface area contributed by atoms with Crippen molar-refractivity contribution in [3.05, 3.63) is 59.4 Å². The molecule has 0 N–H and O–H groups in total. The first-order chi connectivity index (χ1) is 18.3. The van der Waals surface area contributed by atoms with E-state index in [1.54, 1.807) is 11.2 Å². The summed E-state index contributed by atoms with van der Waals surface area (Å²) in [4.78, 5) is 19.4. The van der Waals surface area contributed by atoms with Crippen LogP contribution in [0.3, 0.4) is 0 Å². The minimum atomic E-state index is -1.70. The Morgan fingerprint density at radius 3 is 2.36 bits per heavy atom. The average molecular weight is 566 g/mol. The number of hydrogen-bond acceptors (Lipinski definition) is 3. The standard InChI is InChI=1S/C30H37F2N3O2Si2/c1-38(2,3)13-11-20-15-23(31)28(24(32)16-20)29-27(21-7-8-21)30(36)35(29)22-9-10-26-25(17-22)33-18-34(26)19-37-12-14-39(4,5)6/h9-10,15-18,21,27,29H,7-8,12,14,19H2,1-6H3. The molecule has 5 rings (SSSR count). The van der Waals surface area contributed by atoms with Gasteiger partial charge in [0.15, 0.2) is 0 Å². The molecule has 39 heavy (non-hydrogen) atoms. The number of fused-ring (bicyclic) bond motifs is 1. The van der Waals surface area contributed by atoms with Crippen molar-refractivity contribution in [1.82, 2.24) is 9.55 Å². The van der Waals surface area contributed by atoms with Crippen molar-refractivity contribution in [3.63, 3.8) is 0 Å². The number of nitrogens with zero attached hydrogens (tertiary/aromatic N) is 3. The highest BCUT2D eigenvalue weighted by molar-refractivity contribution is 6.83. The van der Waals surface area contributed by atoms with E-state index in [1.165, 1.54) is 12.1 Å². The van der Waals surface area contributed by atoms with Crippen molar-refractivity contribution in [1.29, 1.82) is 0 Å². The van der Waals surface area contributed by atoms with Gasteiger partial charge in [-0.25, -0.2) is 13.8 Å². The van der Waals surface area contributed by atoms with Crippen LogP contribution in [-0.4, -0.2) is 38.2 Å². The lowest BCUT2D eigenvalue weighted by Gasteiger charge is -2.48. The number of carbonyl (C=O) groups excluding carboxylic acids is 1. The molecule has 3 aromatic rings. The second kappa shape index (κ2) is 10.3. The molecule has 2 unspecified atom stereocenters. The molecular weight excluding hydrogens is 529 g/mol. The maximum atomic E-state index is 15.5. The summed E-state index contributed by atoms with van der Waals surface area (Å²) in [6.07, 6.45) is 3.54. The molecule has 1 saturated heterocycles. The van der Waals surface area contributed by atoms with Crippen LogP contribution < -0.4 is 4.90 Å². The smallest absolute Gasteiger partial charge is 0.233 e. The van der Waals surface area contributed by atoms with Crippen molar-refractivity contribution < 1.29 is 18.3 Å². The van der Waals surface area contributed by atoms with E-state index in [9.17, 15) is 4.79 Å². The molecular formula is C30H37F2N3O2Si2. The fourth-order valence-electron chi connectivity index (χ4n) is 5.07. The molecule has 5 nitrogen and oxygen atoms in total. The summed E-state index contributed by atoms with van der Waals surface area (Å²) in [6, 6.07) is 8.58. The molecule has 206 valence electrons. The van der Waals surface area contributed by atoms with Crippen LogP contribution in [0, 0.1) is 34.9 Å². The van der Waals surface area contributed by atoms with Crippen molar-refractivity contribution in [3.8, 4) is 11.5 Å². The molecule has 9 heteroatoms. The predicted octanol–water partition coefficient (Wildman–Crippen LogP) is 6.97. The molecule has 1 saturated carbocycles. The first-order valence-corrected chi connectivity index (χ1v) is 20.9. The minimum absolute atomic E-state index is 0.0496. The van der Waals surface area contributed by atoms with Crippen LogP contribution in [0.4, 0.5) is 14.5 Å². The first kappa shape index (κ1) is 27.7. The van der Waals surface area contributed by atoms with Gasteiger partial charge < -0.3 is 14.2 Å². The molecule has 2 fully saturated rings. The Kier molecular flexibility index (Phi) is 7.33. The van der Waals surface area contributed by atoms with Gasteiger partial charge in [-0.3, -0.25) is 4.79 Å². The van der Waals surface area contributed by atoms with Crippen LogP contribution >= 0.6 is 0 Å². The van der Waals surface area contributed by atoms with Crippen LogP contribution in [0.25, 0.3) is 11.0 Å². The number of halogens is 2. The van der Waals surface area contributed by atoms with E-state index in [4.69, 9.17) is 4.74 Å². The van der Waals surface area contributed by atoms with Crippen LogP contribution in [0.15, 0.2) is 36.7 Å². The summed E-state index contributed by atoms with van der Waals surface area (Å²) in [5.41, 5.74) is 5.64. The van der Waals surface area contributed by atoms with E-state index < -0.39 is 39.7 Å². The van der Waals surface area contributed by atoms with Gasteiger partial charge in [-0.2, -0.15) is 0 Å². The molecule has 1 aliphatic heterocycles. The molecule has 0 spiro atoms. The van der Waals surface area contributed by atoms with Gasteiger partial charge in [-0.05, 0) is 55.1 Å². The SMILES string of the molecule is C[Si](C)(C)C#Cc1cc(F)c(C2C(C3CC3)C(=O)N2c2ccc3c(c2)ncn3COCC[Si](C)(C)C)c(F)c1. The molecule has 2 heterocycles. The quantitative estimate of drug-likeness (QED) is 0.128. The number of benzene rings is 2. The lowest BCUT2D eigenvalue weighted by Crippen LogP contribution is -2.56. The summed E-state index contributed by atoms with van der Waals surface area (Å²) >= 11 is 0. The fraction of sp³-hybridized carbons (Fsp3) is 0.467. The second-order valence-electron chi connectivity index (χ2n) is 13.1. The van der Waals surface area contributed by atoms with Crippen molar-refractivity contribution in [2.24, 2.45) is 11.8 Å². The van der Waals surface area contributed by atoms with Gasteiger partial charge in [0.05, 0.1) is 29.3 Å². The molecule has 0 bridgehead atoms. The van der Waals surface area contributed by atoms with Crippen LogP contribution in [0.5, 0.6) is 0 Å². The van der Waals surface area contributed by atoms with Crippen molar-refractivity contribution in [2.45, 2.75) is 70.9 Å². The number of carbonyl (C=O) groups is 1. The van der Waals surface area contributed by atoms with E-state index in [0.717, 1.165) is 24.4 Å². The van der Waals surface area contributed by atoms with Gasteiger partial charge in [0, 0.05) is 31.5 Å². The number of hydrogen-bond donors (Lipinski definition) is 0. The minimum Gasteiger partial charge on any atom is -0.361 e. The Labute approximate surface area is 231 Å². The highest BCUT2D eigenvalue weighted by atomic mass is 28.3. The largest absolute Gasteiger partial charge is 0.361 e. The molecule has 0 radical (unpaired) electrons. The van der Waals surface area contributed by atoms with Crippen molar-refractivity contribution in [2.75, 3.05) is 11.5 Å². The summed E-state index contributed by atoms with van der Waals surface area (Å²) in [5.74, 6) is 1.31. The van der Waals surface area contributed by atoms with Gasteiger partial charge in [-0.15, -0.1) is 5.54 Å². The van der Waals surface area contributed by atoms with Crippen LogP contribution in [0.2, 0.25) is 45.3 Å². The number of rotatable bonds is 8. The van der Waals surface area contributed by atoms with E-state index in [-0.39, 0.29) is 17.4 Å². The van der Waals surface area contributed by atoms with E-state index in [1.807, 2.05) is 22.8 Å². The molecule has 2 atom stereocenters. The normalized spacial score (nSPS) is 19.7. The topological polar surface area (TPSA) is 47.4 Å². The zero-order valence-corrected chi connectivity index (χ0v) is 25.6. The average Bonchev–Trinajstić information content (AvgIpc) is 3.57. The van der Waals surface area contributed by atoms with Gasteiger partial charge in [0.25, 0.3) is 0 Å². The summed E-state index contributed by atoms with van der Waals surface area (Å²) in [5, 5.41) is 0. The molecule has 1 aliphatic carbocycles. The molecule has 1 amide bonds. The Hall–Kier alpha value is -2.81. The number of anilines is 1. The van der Waals surface area contributed by atoms with Gasteiger partial charge >= 0.3 is 0 Å². The summed E-state index contributed by atoms with van der Waals surface area (Å²) in [7, 11) is -2.87. The van der Waals surface area contributed by atoms with Crippen molar-refractivity contribution >= 4 is 38.8 Å². The maximum absolute atomic E-state index is 15.5. The van der Waals surface area contributed by atoms with Gasteiger partial charge in [0.1, 0.15) is 26.4 Å². The lowest BCUT2D eigenvalue weighted by atomic mass is 9.78. The third-order valence-electron chi connectivity index (χ3n) is 7.34. The lowest BCUT2D eigenvalue weighted by molar-refractivity contribution is -0.131. The van der Waals surface area contributed by atoms with E-state index in [0.29, 0.717) is 30.1 Å². The monoisotopic (exact) mass is 565 g/mol. The predicted molar refractivity (Wildman–Crippen MR) is 157 cm³/mol. The summed E-state index contributed by atoms with van der Waals surface area (Å²) < 4.78 is 38.8. The van der Waals surface area contributed by atoms with Crippen LogP contribution in [0.1, 0.15) is 30.0 Å². The molecule has 2 aliphatic rings. The Morgan fingerprint density at radius 2 is 1.74 bits per heavy atom. The third kappa shape index (κ3) is 6.03. The number of ether oxygens (including phenoxy) is 1. The highest BCUT2D eigenvalue weighted by Gasteiger charge is 2.56. The fourth-order valence-corrected chi connectivity index (χ4v) is 6.34. The molecule has 2 aromatic carbocycles. The van der Waals surface area contributed by atoms with Crippen LogP contribution in [-0.2, 0) is 16.3 Å². The third-order valence-corrected chi connectivity index (χ3v) is 9.92. The summed E-state index contributed by atoms with van der Waals surface area (Å²) in [6.45, 7) is 14.3. The van der Waals surface area contributed by atoms with Gasteiger partial charge in [0.2, 0.25) is 5.91 Å². The molecule has 1 aromatic heterocycles. The number of amides is 1. The Morgan fingerprint density at radius 1 is 1.05 bits per heavy atom. The highest BCUT2D eigenvalue weighted by Crippen LogP contribution is 2.54. The first-order valence-electron chi connectivity index (χ1n) is 13.7. The van der Waals surface area contributed by atoms with E-state index in [2.05, 4.69) is 55.7 Å². The number of β-lactam (4-membered cyclic amide) rings is 1. The van der Waals surface area contributed by atoms with Gasteiger partial charge in [-0.1, -0.05) is 45.2 Å². The second-order valence-corrected chi connectivity index (χ2v) is 23.5. The number of aromatic nitrogens is 2. The Balaban J connectivity index is 1.42. The zero-order chi connectivity index (χ0) is 28.1.